The van der Waals surface area contributed by atoms with Crippen LogP contribution in [0.25, 0.3) is 0 Å². The van der Waals surface area contributed by atoms with Crippen LogP contribution in [0.2, 0.25) is 0 Å². The highest BCUT2D eigenvalue weighted by Gasteiger charge is 2.38. The van der Waals surface area contributed by atoms with E-state index in [2.05, 4.69) is 5.32 Å². The zero-order valence-corrected chi connectivity index (χ0v) is 23.8. The van der Waals surface area contributed by atoms with E-state index < -0.39 is 17.8 Å². The number of piperidine rings is 1. The molecule has 2 amide bonds. The van der Waals surface area contributed by atoms with E-state index in [0.29, 0.717) is 25.5 Å². The van der Waals surface area contributed by atoms with Crippen LogP contribution in [0.3, 0.4) is 0 Å². The van der Waals surface area contributed by atoms with E-state index in [1.165, 1.54) is 0 Å². The number of alkyl carbamates (subject to hydrolysis) is 1. The van der Waals surface area contributed by atoms with Crippen LogP contribution in [0.5, 0.6) is 0 Å². The highest BCUT2D eigenvalue weighted by atomic mass is 16.6. The number of hydrogen-bond acceptors (Lipinski definition) is 6. The molecule has 1 aliphatic carbocycles. The Balaban J connectivity index is 1.39. The van der Waals surface area contributed by atoms with Gasteiger partial charge in [0.1, 0.15) is 18.5 Å². The number of aldehydes is 1. The molecule has 2 fully saturated rings. The Bertz CT molecular complexity index is 1120. The Labute approximate surface area is 237 Å². The lowest BCUT2D eigenvalue weighted by Crippen LogP contribution is -2.59. The van der Waals surface area contributed by atoms with Gasteiger partial charge in [-0.05, 0) is 76.3 Å². The second-order valence-corrected chi connectivity index (χ2v) is 11.7. The number of hydrogen-bond donors (Lipinski definition) is 1. The molecule has 0 spiro atoms. The third kappa shape index (κ3) is 8.31. The number of rotatable bonds is 8. The average molecular weight is 551 g/mol. The first kappa shape index (κ1) is 29.6. The predicted octanol–water partition coefficient (Wildman–Crippen LogP) is 6.24. The molecule has 2 aromatic carbocycles. The van der Waals surface area contributed by atoms with Gasteiger partial charge in [-0.3, -0.25) is 4.79 Å². The van der Waals surface area contributed by atoms with E-state index in [1.54, 1.807) is 4.90 Å². The fourth-order valence-electron chi connectivity index (χ4n) is 5.68. The van der Waals surface area contributed by atoms with Gasteiger partial charge in [0.2, 0.25) is 0 Å². The minimum absolute atomic E-state index is 0.0472. The van der Waals surface area contributed by atoms with E-state index in [0.717, 1.165) is 55.1 Å². The van der Waals surface area contributed by atoms with Crippen LogP contribution < -0.4 is 5.32 Å². The molecule has 1 saturated carbocycles. The number of ether oxygens (including phenoxy) is 3. The van der Waals surface area contributed by atoms with Crippen molar-refractivity contribution in [3.05, 3.63) is 71.3 Å². The molecule has 0 radical (unpaired) electrons. The minimum atomic E-state index is -0.625. The van der Waals surface area contributed by atoms with E-state index >= 15 is 0 Å². The molecular formula is C32H42N2O6. The number of benzene rings is 2. The second-order valence-electron chi connectivity index (χ2n) is 11.7. The number of carbonyl (C=O) groups excluding carboxylic acids is 3. The van der Waals surface area contributed by atoms with Gasteiger partial charge in [-0.25, -0.2) is 9.59 Å². The van der Waals surface area contributed by atoms with Crippen molar-refractivity contribution in [3.8, 4) is 0 Å². The van der Waals surface area contributed by atoms with Gasteiger partial charge in [0.15, 0.2) is 0 Å². The first-order valence-corrected chi connectivity index (χ1v) is 14.4. The molecule has 8 nitrogen and oxygen atoms in total. The molecule has 2 unspecified atom stereocenters. The molecule has 4 rings (SSSR count). The SMILES string of the molecule is CC(C)(C)OC(=O)NC1CCCN(C(=O)OCc2ccccc2)C1COC1CCC(c2ccccc2C=O)CC1. The third-order valence-electron chi connectivity index (χ3n) is 7.66. The highest BCUT2D eigenvalue weighted by molar-refractivity contribution is 5.77. The van der Waals surface area contributed by atoms with Gasteiger partial charge in [-0.2, -0.15) is 0 Å². The maximum Gasteiger partial charge on any atom is 0.410 e. The zero-order chi connectivity index (χ0) is 28.5. The Kier molecular flexibility index (Phi) is 10.2. The lowest BCUT2D eigenvalue weighted by molar-refractivity contribution is -0.0310. The molecule has 0 aromatic heterocycles. The summed E-state index contributed by atoms with van der Waals surface area (Å²) < 4.78 is 17.6. The number of nitrogens with one attached hydrogen (secondary N) is 1. The summed E-state index contributed by atoms with van der Waals surface area (Å²) in [5.41, 5.74) is 2.16. The van der Waals surface area contributed by atoms with Crippen molar-refractivity contribution in [1.82, 2.24) is 10.2 Å². The molecule has 0 bridgehead atoms. The van der Waals surface area contributed by atoms with Gasteiger partial charge < -0.3 is 24.4 Å². The monoisotopic (exact) mass is 550 g/mol. The molecule has 40 heavy (non-hydrogen) atoms. The largest absolute Gasteiger partial charge is 0.445 e. The van der Waals surface area contributed by atoms with Crippen molar-refractivity contribution in [2.45, 2.75) is 95.6 Å². The average Bonchev–Trinajstić information content (AvgIpc) is 2.95. The molecule has 1 N–H and O–H groups in total. The summed E-state index contributed by atoms with van der Waals surface area (Å²) in [5, 5.41) is 2.99. The van der Waals surface area contributed by atoms with Crippen LogP contribution in [0, 0.1) is 0 Å². The van der Waals surface area contributed by atoms with E-state index in [-0.39, 0.29) is 24.8 Å². The van der Waals surface area contributed by atoms with Crippen molar-refractivity contribution >= 4 is 18.5 Å². The lowest BCUT2D eigenvalue weighted by atomic mass is 9.81. The van der Waals surface area contributed by atoms with Crippen molar-refractivity contribution in [1.29, 1.82) is 0 Å². The number of likely N-dealkylation sites (tertiary alicyclic amines) is 1. The van der Waals surface area contributed by atoms with Gasteiger partial charge in [-0.1, -0.05) is 54.6 Å². The summed E-state index contributed by atoms with van der Waals surface area (Å²) in [7, 11) is 0. The quantitative estimate of drug-likeness (QED) is 0.391. The Morgan fingerprint density at radius 1 is 0.975 bits per heavy atom. The maximum atomic E-state index is 13.2. The van der Waals surface area contributed by atoms with E-state index in [9.17, 15) is 14.4 Å². The van der Waals surface area contributed by atoms with Crippen LogP contribution in [0.1, 0.15) is 86.7 Å². The van der Waals surface area contributed by atoms with Gasteiger partial charge in [0.05, 0.1) is 24.8 Å². The minimum Gasteiger partial charge on any atom is -0.445 e. The van der Waals surface area contributed by atoms with Crippen LogP contribution in [0.15, 0.2) is 54.6 Å². The third-order valence-corrected chi connectivity index (χ3v) is 7.66. The van der Waals surface area contributed by atoms with Crippen molar-refractivity contribution < 1.29 is 28.6 Å². The van der Waals surface area contributed by atoms with Gasteiger partial charge in [0, 0.05) is 12.1 Å². The van der Waals surface area contributed by atoms with Crippen molar-refractivity contribution in [2.75, 3.05) is 13.2 Å². The molecule has 1 heterocycles. The predicted molar refractivity (Wildman–Crippen MR) is 152 cm³/mol. The zero-order valence-electron chi connectivity index (χ0n) is 23.8. The first-order chi connectivity index (χ1) is 19.2. The Hall–Kier alpha value is -3.39. The molecular weight excluding hydrogens is 508 g/mol. The van der Waals surface area contributed by atoms with Gasteiger partial charge >= 0.3 is 12.2 Å². The molecule has 8 heteroatoms. The van der Waals surface area contributed by atoms with Gasteiger partial charge in [-0.15, -0.1) is 0 Å². The first-order valence-electron chi connectivity index (χ1n) is 14.4. The smallest absolute Gasteiger partial charge is 0.410 e. The van der Waals surface area contributed by atoms with E-state index in [4.69, 9.17) is 14.2 Å². The summed E-state index contributed by atoms with van der Waals surface area (Å²) in [5.74, 6) is 0.335. The second kappa shape index (κ2) is 13.8. The summed E-state index contributed by atoms with van der Waals surface area (Å²) in [6.07, 6.45) is 5.11. The molecule has 1 aliphatic heterocycles. The maximum absolute atomic E-state index is 13.2. The van der Waals surface area contributed by atoms with Crippen LogP contribution >= 0.6 is 0 Å². The van der Waals surface area contributed by atoms with Crippen molar-refractivity contribution in [2.24, 2.45) is 0 Å². The number of amides is 2. The fourth-order valence-corrected chi connectivity index (χ4v) is 5.68. The standard InChI is InChI=1S/C32H42N2O6/c1-32(2,3)40-30(36)33-28-14-9-19-34(31(37)39-21-23-10-5-4-6-11-23)29(28)22-38-26-17-15-24(16-18-26)27-13-8-7-12-25(27)20-35/h4-8,10-13,20,24,26,28-29H,9,14-19,21-22H2,1-3H3,(H,33,36). The normalized spacial score (nSPS) is 23.2. The van der Waals surface area contributed by atoms with Crippen molar-refractivity contribution in [3.63, 3.8) is 0 Å². The molecule has 2 atom stereocenters. The lowest BCUT2D eigenvalue weighted by Gasteiger charge is -2.41. The summed E-state index contributed by atoms with van der Waals surface area (Å²) in [6, 6.07) is 16.7. The van der Waals surface area contributed by atoms with E-state index in [1.807, 2.05) is 75.4 Å². The fraction of sp³-hybridized carbons (Fsp3) is 0.531. The number of carbonyl (C=O) groups is 3. The molecule has 2 aliphatic rings. The van der Waals surface area contributed by atoms with Crippen LogP contribution in [-0.2, 0) is 20.8 Å². The number of nitrogens with zero attached hydrogens (tertiary/aromatic N) is 1. The summed E-state index contributed by atoms with van der Waals surface area (Å²) in [4.78, 5) is 39.1. The highest BCUT2D eigenvalue weighted by Crippen LogP contribution is 2.35. The van der Waals surface area contributed by atoms with Gasteiger partial charge in [0.25, 0.3) is 0 Å². The Morgan fingerprint density at radius 3 is 2.38 bits per heavy atom. The van der Waals surface area contributed by atoms with Crippen LogP contribution in [-0.4, -0.2) is 60.3 Å². The topological polar surface area (TPSA) is 94.2 Å². The summed E-state index contributed by atoms with van der Waals surface area (Å²) in [6.45, 7) is 6.48. The molecule has 2 aromatic rings. The molecule has 216 valence electrons. The van der Waals surface area contributed by atoms with Crippen LogP contribution in [0.4, 0.5) is 9.59 Å². The molecule has 1 saturated heterocycles. The summed E-state index contributed by atoms with van der Waals surface area (Å²) >= 11 is 0. The Morgan fingerprint density at radius 2 is 1.68 bits per heavy atom.